The first kappa shape index (κ1) is 23.5. The average molecular weight is 489 g/mol. The summed E-state index contributed by atoms with van der Waals surface area (Å²) in [6.07, 6.45) is 3.19. The number of aliphatic hydroxyl groups is 1. The molecule has 3 aliphatic heterocycles. The molecule has 170 valence electrons. The second-order valence-electron chi connectivity index (χ2n) is 8.75. The van der Waals surface area contributed by atoms with Crippen LogP contribution in [0.5, 0.6) is 0 Å². The van der Waals surface area contributed by atoms with Crippen LogP contribution in [0.25, 0.3) is 0 Å². The van der Waals surface area contributed by atoms with Crippen molar-refractivity contribution in [2.45, 2.75) is 81.5 Å². The van der Waals surface area contributed by atoms with E-state index in [1.807, 2.05) is 13.8 Å². The lowest BCUT2D eigenvalue weighted by molar-refractivity contribution is -0.154. The van der Waals surface area contributed by atoms with Gasteiger partial charge in [0.25, 0.3) is 0 Å². The number of halogens is 1. The van der Waals surface area contributed by atoms with Gasteiger partial charge in [0.1, 0.15) is 11.6 Å². The molecule has 0 aliphatic carbocycles. The van der Waals surface area contributed by atoms with Gasteiger partial charge in [-0.15, -0.1) is 0 Å². The van der Waals surface area contributed by atoms with Crippen molar-refractivity contribution in [1.29, 1.82) is 0 Å². The Morgan fingerprint density at radius 2 is 2.03 bits per heavy atom. The van der Waals surface area contributed by atoms with Crippen molar-refractivity contribution in [3.8, 4) is 0 Å². The van der Waals surface area contributed by atoms with Gasteiger partial charge < -0.3 is 24.8 Å². The fraction of sp³-hybridized carbons (Fsp3) is 0.857. The number of rotatable bonds is 10. The van der Waals surface area contributed by atoms with Crippen molar-refractivity contribution in [2.24, 2.45) is 11.8 Å². The smallest absolute Gasteiger partial charge is 0.312 e. The van der Waals surface area contributed by atoms with E-state index in [-0.39, 0.29) is 35.9 Å². The van der Waals surface area contributed by atoms with Crippen LogP contribution in [0.2, 0.25) is 0 Å². The van der Waals surface area contributed by atoms with Gasteiger partial charge in [0.2, 0.25) is 11.8 Å². The summed E-state index contributed by atoms with van der Waals surface area (Å²) < 4.78 is 11.6. The lowest BCUT2D eigenvalue weighted by Gasteiger charge is -2.34. The molecule has 9 heteroatoms. The maximum absolute atomic E-state index is 13.5. The zero-order valence-electron chi connectivity index (χ0n) is 17.9. The standard InChI is InChI=1S/C21H33BrN2O6/c1-4-29-20(28)14-15-19(27)24(9-7-5-6-8-10-25)17(18(26)23-12(2)3)21(15)11-13(22)16(14)30-21/h12-17,25H,4-11H2,1-3H3,(H,23,26)/t13?,14-,15+,16-,17?,21?/m1/s1. The Balaban J connectivity index is 1.89. The lowest BCUT2D eigenvalue weighted by atomic mass is 9.70. The fourth-order valence-corrected chi connectivity index (χ4v) is 6.23. The molecule has 6 atom stereocenters. The summed E-state index contributed by atoms with van der Waals surface area (Å²) in [5, 5.41) is 11.9. The molecule has 0 aromatic carbocycles. The molecule has 2 N–H and O–H groups in total. The van der Waals surface area contributed by atoms with Crippen LogP contribution in [0.4, 0.5) is 0 Å². The number of nitrogens with zero attached hydrogens (tertiary/aromatic N) is 1. The van der Waals surface area contributed by atoms with E-state index < -0.39 is 35.6 Å². The van der Waals surface area contributed by atoms with Gasteiger partial charge in [0, 0.05) is 24.0 Å². The van der Waals surface area contributed by atoms with E-state index in [4.69, 9.17) is 14.6 Å². The number of amides is 2. The third kappa shape index (κ3) is 4.00. The number of aliphatic hydroxyl groups excluding tert-OH is 1. The van der Waals surface area contributed by atoms with Crippen molar-refractivity contribution in [2.75, 3.05) is 19.8 Å². The minimum absolute atomic E-state index is 0.0753. The number of ether oxygens (including phenoxy) is 2. The third-order valence-electron chi connectivity index (χ3n) is 6.33. The first-order valence-electron chi connectivity index (χ1n) is 11.0. The van der Waals surface area contributed by atoms with Gasteiger partial charge in [0.15, 0.2) is 0 Å². The van der Waals surface area contributed by atoms with E-state index in [0.717, 1.165) is 25.7 Å². The van der Waals surface area contributed by atoms with Crippen LogP contribution in [0, 0.1) is 11.8 Å². The second-order valence-corrected chi connectivity index (χ2v) is 9.92. The zero-order chi connectivity index (χ0) is 22.1. The summed E-state index contributed by atoms with van der Waals surface area (Å²) in [5.41, 5.74) is -1.02. The van der Waals surface area contributed by atoms with Gasteiger partial charge in [-0.05, 0) is 40.0 Å². The lowest BCUT2D eigenvalue weighted by Crippen LogP contribution is -2.56. The van der Waals surface area contributed by atoms with Gasteiger partial charge >= 0.3 is 5.97 Å². The van der Waals surface area contributed by atoms with Crippen molar-refractivity contribution in [3.63, 3.8) is 0 Å². The van der Waals surface area contributed by atoms with Crippen LogP contribution in [0.15, 0.2) is 0 Å². The molecule has 3 aliphatic rings. The quantitative estimate of drug-likeness (QED) is 0.273. The monoisotopic (exact) mass is 488 g/mol. The minimum atomic E-state index is -1.02. The van der Waals surface area contributed by atoms with Crippen LogP contribution in [-0.4, -0.2) is 76.2 Å². The Morgan fingerprint density at radius 1 is 1.33 bits per heavy atom. The SMILES string of the molecule is CCOC(=O)[C@H]1[C@@H]2OC3(CC2Br)C(C(=O)NC(C)C)N(CCCCCCO)C(=O)[C@H]13. The highest BCUT2D eigenvalue weighted by Gasteiger charge is 2.76. The van der Waals surface area contributed by atoms with Gasteiger partial charge in [-0.3, -0.25) is 14.4 Å². The van der Waals surface area contributed by atoms with Gasteiger partial charge in [-0.25, -0.2) is 0 Å². The summed E-state index contributed by atoms with van der Waals surface area (Å²) in [6.45, 7) is 6.30. The summed E-state index contributed by atoms with van der Waals surface area (Å²) in [7, 11) is 0. The maximum atomic E-state index is 13.5. The predicted molar refractivity (Wildman–Crippen MR) is 113 cm³/mol. The number of likely N-dealkylation sites (tertiary alicyclic amines) is 1. The molecule has 8 nitrogen and oxygen atoms in total. The molecule has 3 heterocycles. The molecular weight excluding hydrogens is 456 g/mol. The number of carbonyl (C=O) groups is 3. The molecule has 0 aromatic rings. The van der Waals surface area contributed by atoms with Crippen LogP contribution >= 0.6 is 15.9 Å². The van der Waals surface area contributed by atoms with Crippen LogP contribution in [-0.2, 0) is 23.9 Å². The largest absolute Gasteiger partial charge is 0.466 e. The highest BCUT2D eigenvalue weighted by Crippen LogP contribution is 2.60. The van der Waals surface area contributed by atoms with Gasteiger partial charge in [-0.1, -0.05) is 28.8 Å². The zero-order valence-corrected chi connectivity index (χ0v) is 19.5. The topological polar surface area (TPSA) is 105 Å². The number of unbranched alkanes of at least 4 members (excludes halogenated alkanes) is 3. The molecule has 3 fully saturated rings. The Morgan fingerprint density at radius 3 is 2.67 bits per heavy atom. The molecule has 30 heavy (non-hydrogen) atoms. The predicted octanol–water partition coefficient (Wildman–Crippen LogP) is 1.37. The first-order chi connectivity index (χ1) is 14.3. The molecule has 0 aromatic heterocycles. The van der Waals surface area contributed by atoms with Crippen LogP contribution < -0.4 is 5.32 Å². The van der Waals surface area contributed by atoms with E-state index in [9.17, 15) is 14.4 Å². The number of nitrogens with one attached hydrogen (secondary N) is 1. The van der Waals surface area contributed by atoms with E-state index in [0.29, 0.717) is 13.0 Å². The Bertz CT molecular complexity index is 674. The Hall–Kier alpha value is -1.19. The normalized spacial score (nSPS) is 34.5. The van der Waals surface area contributed by atoms with Crippen molar-refractivity contribution >= 4 is 33.7 Å². The van der Waals surface area contributed by atoms with E-state index in [2.05, 4.69) is 21.2 Å². The number of fused-ring (bicyclic) bond motifs is 1. The summed E-state index contributed by atoms with van der Waals surface area (Å²) in [5.74, 6) is -2.26. The molecule has 2 amide bonds. The molecule has 2 bridgehead atoms. The third-order valence-corrected chi connectivity index (χ3v) is 7.18. The molecular formula is C21H33BrN2O6. The van der Waals surface area contributed by atoms with E-state index in [1.54, 1.807) is 11.8 Å². The summed E-state index contributed by atoms with van der Waals surface area (Å²) >= 11 is 3.62. The summed E-state index contributed by atoms with van der Waals surface area (Å²) in [6, 6.07) is -0.839. The summed E-state index contributed by atoms with van der Waals surface area (Å²) in [4.78, 5) is 41.0. The van der Waals surface area contributed by atoms with Crippen molar-refractivity contribution in [3.05, 3.63) is 0 Å². The highest BCUT2D eigenvalue weighted by atomic mass is 79.9. The average Bonchev–Trinajstić information content (AvgIpc) is 3.25. The molecule has 1 spiro atoms. The number of carbonyl (C=O) groups excluding carboxylic acids is 3. The molecule has 3 saturated heterocycles. The van der Waals surface area contributed by atoms with Crippen molar-refractivity contribution < 1.29 is 29.0 Å². The molecule has 0 radical (unpaired) electrons. The van der Waals surface area contributed by atoms with E-state index in [1.165, 1.54) is 0 Å². The van der Waals surface area contributed by atoms with Gasteiger partial charge in [-0.2, -0.15) is 0 Å². The first-order valence-corrected chi connectivity index (χ1v) is 11.9. The Kier molecular flexibility index (Phi) is 7.45. The van der Waals surface area contributed by atoms with Crippen LogP contribution in [0.1, 0.15) is 52.9 Å². The molecule has 3 unspecified atom stereocenters. The van der Waals surface area contributed by atoms with Gasteiger partial charge in [0.05, 0.1) is 24.5 Å². The molecule has 3 rings (SSSR count). The minimum Gasteiger partial charge on any atom is -0.466 e. The second kappa shape index (κ2) is 9.53. The van der Waals surface area contributed by atoms with Crippen LogP contribution in [0.3, 0.4) is 0 Å². The number of hydrogen-bond donors (Lipinski definition) is 2. The number of alkyl halides is 1. The van der Waals surface area contributed by atoms with E-state index >= 15 is 0 Å². The highest BCUT2D eigenvalue weighted by molar-refractivity contribution is 9.09. The number of esters is 1. The maximum Gasteiger partial charge on any atom is 0.312 e. The van der Waals surface area contributed by atoms with Crippen molar-refractivity contribution in [1.82, 2.24) is 10.2 Å². The molecule has 0 saturated carbocycles. The fourth-order valence-electron chi connectivity index (χ4n) is 5.29. The Labute approximate surface area is 186 Å². The number of hydrogen-bond acceptors (Lipinski definition) is 6.